The molecular formula is C18H35NO. The minimum atomic E-state index is -0.545. The zero-order chi connectivity index (χ0) is 15.0. The number of rotatable bonds is 3. The molecule has 0 aromatic carbocycles. The van der Waals surface area contributed by atoms with Gasteiger partial charge in [0.25, 0.3) is 0 Å². The average Bonchev–Trinajstić information content (AvgIpc) is 2.35. The summed E-state index contributed by atoms with van der Waals surface area (Å²) in [6.45, 7) is 9.88. The molecule has 0 saturated heterocycles. The van der Waals surface area contributed by atoms with Gasteiger partial charge in [-0.1, -0.05) is 47.0 Å². The molecule has 4 unspecified atom stereocenters. The minimum absolute atomic E-state index is 0.0299. The van der Waals surface area contributed by atoms with Crippen LogP contribution in [0.3, 0.4) is 0 Å². The Hall–Kier alpha value is -0.0800. The molecule has 4 atom stereocenters. The van der Waals surface area contributed by atoms with Gasteiger partial charge in [-0.25, -0.2) is 0 Å². The summed E-state index contributed by atoms with van der Waals surface area (Å²) in [6.07, 6.45) is 9.17. The lowest BCUT2D eigenvalue weighted by Crippen LogP contribution is -2.59. The Morgan fingerprint density at radius 1 is 1.20 bits per heavy atom. The lowest BCUT2D eigenvalue weighted by Gasteiger charge is -2.57. The molecule has 0 aromatic rings. The van der Waals surface area contributed by atoms with Crippen LogP contribution in [-0.2, 0) is 0 Å². The largest absolute Gasteiger partial charge is 0.389 e. The van der Waals surface area contributed by atoms with Crippen LogP contribution in [0.15, 0.2) is 0 Å². The van der Waals surface area contributed by atoms with Gasteiger partial charge >= 0.3 is 0 Å². The second-order valence-corrected chi connectivity index (χ2v) is 8.74. The molecule has 0 radical (unpaired) electrons. The molecule has 0 amide bonds. The van der Waals surface area contributed by atoms with Gasteiger partial charge in [0.05, 0.1) is 5.60 Å². The van der Waals surface area contributed by atoms with Crippen LogP contribution in [-0.4, -0.2) is 17.3 Å². The molecule has 2 saturated carbocycles. The SMILES string of the molecule is CCC1CCCC(CN)(C2(O)CC(C)CC(C)(C)C2)C1. The topological polar surface area (TPSA) is 46.2 Å². The Labute approximate surface area is 125 Å². The molecule has 0 bridgehead atoms. The average molecular weight is 281 g/mol. The van der Waals surface area contributed by atoms with Crippen LogP contribution in [0.4, 0.5) is 0 Å². The molecule has 20 heavy (non-hydrogen) atoms. The van der Waals surface area contributed by atoms with Gasteiger partial charge in [0.1, 0.15) is 0 Å². The Kier molecular flexibility index (Phi) is 4.57. The molecule has 0 aromatic heterocycles. The van der Waals surface area contributed by atoms with Gasteiger partial charge in [-0.2, -0.15) is 0 Å². The van der Waals surface area contributed by atoms with Crippen molar-refractivity contribution in [1.82, 2.24) is 0 Å². The molecule has 0 aliphatic heterocycles. The van der Waals surface area contributed by atoms with Gasteiger partial charge in [0, 0.05) is 12.0 Å². The van der Waals surface area contributed by atoms with E-state index in [9.17, 15) is 5.11 Å². The summed E-state index contributed by atoms with van der Waals surface area (Å²) in [5.41, 5.74) is 5.91. The van der Waals surface area contributed by atoms with Crippen molar-refractivity contribution in [1.29, 1.82) is 0 Å². The fourth-order valence-corrected chi connectivity index (χ4v) is 5.56. The van der Waals surface area contributed by atoms with Gasteiger partial charge in [-0.3, -0.25) is 0 Å². The molecule has 2 fully saturated rings. The molecule has 118 valence electrons. The van der Waals surface area contributed by atoms with Gasteiger partial charge < -0.3 is 10.8 Å². The second-order valence-electron chi connectivity index (χ2n) is 8.74. The number of hydrogen-bond donors (Lipinski definition) is 2. The zero-order valence-corrected chi connectivity index (χ0v) is 14.0. The van der Waals surface area contributed by atoms with Crippen LogP contribution in [0.2, 0.25) is 0 Å². The maximum absolute atomic E-state index is 11.6. The molecule has 2 rings (SSSR count). The third-order valence-electron chi connectivity index (χ3n) is 6.26. The number of hydrogen-bond acceptors (Lipinski definition) is 2. The maximum Gasteiger partial charge on any atom is 0.0723 e. The molecule has 2 aliphatic rings. The lowest BCUT2D eigenvalue weighted by atomic mass is 9.52. The van der Waals surface area contributed by atoms with Gasteiger partial charge in [0.2, 0.25) is 0 Å². The predicted octanol–water partition coefficient (Wildman–Crippen LogP) is 4.11. The standard InChI is InChI=1S/C18H35NO/c1-5-15-7-6-8-17(11-15,13-19)18(20)10-14(2)9-16(3,4)12-18/h14-15,20H,5-13,19H2,1-4H3. The van der Waals surface area contributed by atoms with Crippen molar-refractivity contribution in [3.63, 3.8) is 0 Å². The van der Waals surface area contributed by atoms with E-state index in [1.165, 1.54) is 25.7 Å². The quantitative estimate of drug-likeness (QED) is 0.818. The first-order valence-corrected chi connectivity index (χ1v) is 8.68. The monoisotopic (exact) mass is 281 g/mol. The Morgan fingerprint density at radius 2 is 1.90 bits per heavy atom. The molecule has 3 N–H and O–H groups in total. The fourth-order valence-electron chi connectivity index (χ4n) is 5.56. The number of aliphatic hydroxyl groups is 1. The maximum atomic E-state index is 11.6. The second kappa shape index (κ2) is 5.61. The highest BCUT2D eigenvalue weighted by molar-refractivity contribution is 5.07. The minimum Gasteiger partial charge on any atom is -0.389 e. The van der Waals surface area contributed by atoms with Crippen LogP contribution < -0.4 is 5.73 Å². The van der Waals surface area contributed by atoms with Crippen molar-refractivity contribution >= 4 is 0 Å². The van der Waals surface area contributed by atoms with Crippen molar-refractivity contribution in [3.05, 3.63) is 0 Å². The zero-order valence-electron chi connectivity index (χ0n) is 14.0. The molecule has 0 spiro atoms. The van der Waals surface area contributed by atoms with Crippen LogP contribution >= 0.6 is 0 Å². The smallest absolute Gasteiger partial charge is 0.0723 e. The Bertz CT molecular complexity index is 340. The first kappa shape index (κ1) is 16.3. The van der Waals surface area contributed by atoms with Crippen molar-refractivity contribution < 1.29 is 5.11 Å². The molecule has 2 nitrogen and oxygen atoms in total. The molecule has 2 aliphatic carbocycles. The molecular weight excluding hydrogens is 246 g/mol. The highest BCUT2D eigenvalue weighted by Gasteiger charge is 2.55. The van der Waals surface area contributed by atoms with E-state index in [4.69, 9.17) is 5.73 Å². The highest BCUT2D eigenvalue weighted by atomic mass is 16.3. The number of nitrogens with two attached hydrogens (primary N) is 1. The van der Waals surface area contributed by atoms with Crippen molar-refractivity contribution in [2.24, 2.45) is 28.4 Å². The van der Waals surface area contributed by atoms with Gasteiger partial charge in [0.15, 0.2) is 0 Å². The summed E-state index contributed by atoms with van der Waals surface area (Å²) in [5, 5.41) is 11.6. The lowest BCUT2D eigenvalue weighted by molar-refractivity contribution is -0.163. The normalized spacial score (nSPS) is 45.3. The summed E-state index contributed by atoms with van der Waals surface area (Å²) in [6, 6.07) is 0. The summed E-state index contributed by atoms with van der Waals surface area (Å²) in [4.78, 5) is 0. The third-order valence-corrected chi connectivity index (χ3v) is 6.26. The third kappa shape index (κ3) is 2.92. The predicted molar refractivity (Wildman–Crippen MR) is 85.5 cm³/mol. The van der Waals surface area contributed by atoms with E-state index in [-0.39, 0.29) is 10.8 Å². The van der Waals surface area contributed by atoms with Crippen molar-refractivity contribution in [2.75, 3.05) is 6.54 Å². The van der Waals surface area contributed by atoms with E-state index in [2.05, 4.69) is 27.7 Å². The van der Waals surface area contributed by atoms with Crippen LogP contribution in [0, 0.1) is 22.7 Å². The first-order valence-electron chi connectivity index (χ1n) is 8.68. The first-order chi connectivity index (χ1) is 9.26. The van der Waals surface area contributed by atoms with E-state index < -0.39 is 5.60 Å². The van der Waals surface area contributed by atoms with Crippen LogP contribution in [0.1, 0.15) is 79.1 Å². The van der Waals surface area contributed by atoms with E-state index in [1.54, 1.807) is 0 Å². The van der Waals surface area contributed by atoms with Gasteiger partial charge in [-0.05, 0) is 49.4 Å². The summed E-state index contributed by atoms with van der Waals surface area (Å²) in [5.74, 6) is 1.37. The summed E-state index contributed by atoms with van der Waals surface area (Å²) < 4.78 is 0. The van der Waals surface area contributed by atoms with Crippen LogP contribution in [0.25, 0.3) is 0 Å². The van der Waals surface area contributed by atoms with Crippen molar-refractivity contribution in [3.8, 4) is 0 Å². The van der Waals surface area contributed by atoms with E-state index >= 15 is 0 Å². The Morgan fingerprint density at radius 3 is 2.45 bits per heavy atom. The molecule has 2 heteroatoms. The van der Waals surface area contributed by atoms with Gasteiger partial charge in [-0.15, -0.1) is 0 Å². The van der Waals surface area contributed by atoms with Crippen molar-refractivity contribution in [2.45, 2.75) is 84.7 Å². The molecule has 0 heterocycles. The van der Waals surface area contributed by atoms with Crippen LogP contribution in [0.5, 0.6) is 0 Å². The summed E-state index contributed by atoms with van der Waals surface area (Å²) >= 11 is 0. The van der Waals surface area contributed by atoms with E-state index in [0.29, 0.717) is 12.5 Å². The highest BCUT2D eigenvalue weighted by Crippen LogP contribution is 2.56. The fraction of sp³-hybridized carbons (Fsp3) is 1.00. The summed E-state index contributed by atoms with van der Waals surface area (Å²) in [7, 11) is 0. The van der Waals surface area contributed by atoms with E-state index in [0.717, 1.165) is 31.6 Å². The Balaban J connectivity index is 2.28. The van der Waals surface area contributed by atoms with E-state index in [1.807, 2.05) is 0 Å².